The van der Waals surface area contributed by atoms with E-state index in [0.717, 1.165) is 49.1 Å². The highest BCUT2D eigenvalue weighted by Gasteiger charge is 2.22. The summed E-state index contributed by atoms with van der Waals surface area (Å²) in [5.74, 6) is 0.539. The lowest BCUT2D eigenvalue weighted by atomic mass is 10.1. The molecule has 6 nitrogen and oxygen atoms in total. The van der Waals surface area contributed by atoms with E-state index in [1.807, 2.05) is 27.7 Å². The molecule has 1 saturated heterocycles. The summed E-state index contributed by atoms with van der Waals surface area (Å²) < 4.78 is 1.95. The molecule has 4 rings (SSSR count). The van der Waals surface area contributed by atoms with Crippen molar-refractivity contribution in [2.45, 2.75) is 25.5 Å². The molecule has 0 spiro atoms. The van der Waals surface area contributed by atoms with Gasteiger partial charge in [0.15, 0.2) is 5.16 Å². The van der Waals surface area contributed by atoms with E-state index in [1.54, 1.807) is 6.33 Å². The lowest BCUT2D eigenvalue weighted by Gasteiger charge is -2.34. The molecular weight excluding hydrogens is 394 g/mol. The topological polar surface area (TPSA) is 54.3 Å². The fraction of sp³-hybridized carbons (Fsp3) is 0.348. The molecule has 30 heavy (non-hydrogen) atoms. The van der Waals surface area contributed by atoms with Crippen molar-refractivity contribution in [1.82, 2.24) is 24.6 Å². The van der Waals surface area contributed by atoms with E-state index in [2.05, 4.69) is 59.3 Å². The van der Waals surface area contributed by atoms with Crippen molar-refractivity contribution in [3.63, 3.8) is 0 Å². The van der Waals surface area contributed by atoms with E-state index >= 15 is 0 Å². The van der Waals surface area contributed by atoms with Crippen LogP contribution in [0.25, 0.3) is 5.69 Å². The van der Waals surface area contributed by atoms with E-state index in [-0.39, 0.29) is 5.91 Å². The SMILES string of the molecule is Cc1cccc(CN2CCN(C(=O)CSc3nncn3-c3ccccc3C)CC2)c1. The maximum absolute atomic E-state index is 12.7. The first-order valence-corrected chi connectivity index (χ1v) is 11.2. The molecule has 156 valence electrons. The van der Waals surface area contributed by atoms with Crippen LogP contribution < -0.4 is 0 Å². The van der Waals surface area contributed by atoms with Gasteiger partial charge in [0.2, 0.25) is 5.91 Å². The zero-order chi connectivity index (χ0) is 20.9. The van der Waals surface area contributed by atoms with Crippen LogP contribution in [-0.4, -0.2) is 62.4 Å². The number of piperazine rings is 1. The lowest BCUT2D eigenvalue weighted by molar-refractivity contribution is -0.130. The van der Waals surface area contributed by atoms with Crippen LogP contribution in [0.15, 0.2) is 60.0 Å². The number of hydrogen-bond donors (Lipinski definition) is 0. The predicted octanol–water partition coefficient (Wildman–Crippen LogP) is 3.32. The average Bonchev–Trinajstić information content (AvgIpc) is 3.21. The van der Waals surface area contributed by atoms with Crippen molar-refractivity contribution in [2.75, 3.05) is 31.9 Å². The number of para-hydroxylation sites is 1. The Bertz CT molecular complexity index is 1010. The van der Waals surface area contributed by atoms with Crippen LogP contribution in [0.1, 0.15) is 16.7 Å². The monoisotopic (exact) mass is 421 g/mol. The van der Waals surface area contributed by atoms with Gasteiger partial charge in [0, 0.05) is 32.7 Å². The summed E-state index contributed by atoms with van der Waals surface area (Å²) in [4.78, 5) is 17.1. The van der Waals surface area contributed by atoms with Gasteiger partial charge in [0.05, 0.1) is 11.4 Å². The molecule has 0 bridgehead atoms. The summed E-state index contributed by atoms with van der Waals surface area (Å²) in [6.07, 6.45) is 1.71. The second-order valence-corrected chi connectivity index (χ2v) is 8.65. The van der Waals surface area contributed by atoms with Gasteiger partial charge < -0.3 is 4.90 Å². The average molecular weight is 422 g/mol. The van der Waals surface area contributed by atoms with Crippen LogP contribution in [0.2, 0.25) is 0 Å². The minimum absolute atomic E-state index is 0.162. The summed E-state index contributed by atoms with van der Waals surface area (Å²) >= 11 is 1.45. The predicted molar refractivity (Wildman–Crippen MR) is 120 cm³/mol. The van der Waals surface area contributed by atoms with Crippen LogP contribution in [0.3, 0.4) is 0 Å². The summed E-state index contributed by atoms with van der Waals surface area (Å²) in [7, 11) is 0. The Kier molecular flexibility index (Phi) is 6.50. The van der Waals surface area contributed by atoms with E-state index in [1.165, 1.54) is 22.9 Å². The van der Waals surface area contributed by atoms with Gasteiger partial charge in [-0.25, -0.2) is 0 Å². The van der Waals surface area contributed by atoms with Gasteiger partial charge in [-0.3, -0.25) is 14.3 Å². The number of nitrogens with zero attached hydrogens (tertiary/aromatic N) is 5. The van der Waals surface area contributed by atoms with Gasteiger partial charge in [-0.1, -0.05) is 59.8 Å². The zero-order valence-electron chi connectivity index (χ0n) is 17.5. The number of carbonyl (C=O) groups is 1. The normalized spacial score (nSPS) is 14.8. The molecule has 0 aliphatic carbocycles. The third-order valence-corrected chi connectivity index (χ3v) is 6.36. The van der Waals surface area contributed by atoms with Gasteiger partial charge >= 0.3 is 0 Å². The first-order chi connectivity index (χ1) is 14.6. The van der Waals surface area contributed by atoms with Crippen LogP contribution in [-0.2, 0) is 11.3 Å². The van der Waals surface area contributed by atoms with Gasteiger partial charge in [0.25, 0.3) is 0 Å². The second-order valence-electron chi connectivity index (χ2n) is 7.70. The van der Waals surface area contributed by atoms with Gasteiger partial charge in [-0.2, -0.15) is 0 Å². The van der Waals surface area contributed by atoms with Crippen molar-refractivity contribution < 1.29 is 4.79 Å². The molecule has 2 aromatic carbocycles. The van der Waals surface area contributed by atoms with E-state index in [9.17, 15) is 4.79 Å². The molecule has 0 radical (unpaired) electrons. The Morgan fingerprint density at radius 2 is 1.83 bits per heavy atom. The molecule has 1 aliphatic heterocycles. The second kappa shape index (κ2) is 9.45. The first kappa shape index (κ1) is 20.6. The van der Waals surface area contributed by atoms with Gasteiger partial charge in [0.1, 0.15) is 6.33 Å². The Morgan fingerprint density at radius 1 is 1.03 bits per heavy atom. The number of thioether (sulfide) groups is 1. The molecule has 2 heterocycles. The largest absolute Gasteiger partial charge is 0.339 e. The summed E-state index contributed by atoms with van der Waals surface area (Å²) in [6.45, 7) is 8.49. The molecular formula is C23H27N5OS. The Morgan fingerprint density at radius 3 is 2.60 bits per heavy atom. The third kappa shape index (κ3) is 4.91. The maximum Gasteiger partial charge on any atom is 0.233 e. The maximum atomic E-state index is 12.7. The molecule has 0 saturated carbocycles. The summed E-state index contributed by atoms with van der Waals surface area (Å²) in [5.41, 5.74) is 4.81. The minimum Gasteiger partial charge on any atom is -0.339 e. The number of hydrogen-bond acceptors (Lipinski definition) is 5. The standard InChI is InChI=1S/C23H27N5OS/c1-18-6-5-8-20(14-18)15-26-10-12-27(13-11-26)22(29)16-30-23-25-24-17-28(23)21-9-4-3-7-19(21)2/h3-9,14,17H,10-13,15-16H2,1-2H3. The molecule has 0 atom stereocenters. The number of rotatable bonds is 6. The minimum atomic E-state index is 0.162. The van der Waals surface area contributed by atoms with Crippen molar-refractivity contribution in [3.8, 4) is 5.69 Å². The van der Waals surface area contributed by atoms with Crippen molar-refractivity contribution >= 4 is 17.7 Å². The van der Waals surface area contributed by atoms with Crippen LogP contribution in [0.4, 0.5) is 0 Å². The summed E-state index contributed by atoms with van der Waals surface area (Å²) in [5, 5.41) is 9.01. The number of carbonyl (C=O) groups excluding carboxylic acids is 1. The molecule has 7 heteroatoms. The Labute approximate surface area is 181 Å². The van der Waals surface area contributed by atoms with Gasteiger partial charge in [-0.05, 0) is 31.0 Å². The molecule has 0 N–H and O–H groups in total. The number of benzene rings is 2. The smallest absolute Gasteiger partial charge is 0.233 e. The zero-order valence-corrected chi connectivity index (χ0v) is 18.3. The number of aromatic nitrogens is 3. The Hall–Kier alpha value is -2.64. The highest BCUT2D eigenvalue weighted by Crippen LogP contribution is 2.22. The van der Waals surface area contributed by atoms with Crippen molar-refractivity contribution in [2.24, 2.45) is 0 Å². The highest BCUT2D eigenvalue weighted by atomic mass is 32.2. The summed E-state index contributed by atoms with van der Waals surface area (Å²) in [6, 6.07) is 16.7. The van der Waals surface area contributed by atoms with Gasteiger partial charge in [-0.15, -0.1) is 10.2 Å². The number of amides is 1. The number of aryl methyl sites for hydroxylation is 2. The molecule has 1 aliphatic rings. The molecule has 1 amide bonds. The highest BCUT2D eigenvalue weighted by molar-refractivity contribution is 7.99. The first-order valence-electron chi connectivity index (χ1n) is 10.2. The fourth-order valence-corrected chi connectivity index (χ4v) is 4.59. The molecule has 0 unspecified atom stereocenters. The molecule has 3 aromatic rings. The van der Waals surface area contributed by atoms with Crippen LogP contribution >= 0.6 is 11.8 Å². The van der Waals surface area contributed by atoms with Crippen LogP contribution in [0, 0.1) is 13.8 Å². The lowest BCUT2D eigenvalue weighted by Crippen LogP contribution is -2.48. The van der Waals surface area contributed by atoms with Crippen molar-refractivity contribution in [3.05, 3.63) is 71.5 Å². The molecule has 1 aromatic heterocycles. The third-order valence-electron chi connectivity index (χ3n) is 5.43. The van der Waals surface area contributed by atoms with Crippen LogP contribution in [0.5, 0.6) is 0 Å². The van der Waals surface area contributed by atoms with Crippen molar-refractivity contribution in [1.29, 1.82) is 0 Å². The fourth-order valence-electron chi connectivity index (χ4n) is 3.76. The quantitative estimate of drug-likeness (QED) is 0.572. The Balaban J connectivity index is 1.29. The van der Waals surface area contributed by atoms with E-state index in [0.29, 0.717) is 5.75 Å². The molecule has 1 fully saturated rings. The van der Waals surface area contributed by atoms with E-state index in [4.69, 9.17) is 0 Å². The van der Waals surface area contributed by atoms with E-state index < -0.39 is 0 Å².